The molecule has 0 saturated carbocycles. The van der Waals surface area contributed by atoms with Gasteiger partial charge in [0.1, 0.15) is 0 Å². The number of benzene rings is 1. The van der Waals surface area contributed by atoms with Crippen LogP contribution in [0.2, 0.25) is 0 Å². The Labute approximate surface area is 89.7 Å². The fourth-order valence-corrected chi connectivity index (χ4v) is 1.61. The molecule has 1 aromatic carbocycles. The van der Waals surface area contributed by atoms with Crippen LogP contribution in [0.25, 0.3) is 0 Å². The summed E-state index contributed by atoms with van der Waals surface area (Å²) in [7, 11) is 0. The van der Waals surface area contributed by atoms with E-state index in [4.69, 9.17) is 0 Å². The van der Waals surface area contributed by atoms with Crippen molar-refractivity contribution in [3.8, 4) is 0 Å². The van der Waals surface area contributed by atoms with Gasteiger partial charge in [-0.25, -0.2) is 0 Å². The van der Waals surface area contributed by atoms with Gasteiger partial charge in [-0.15, -0.1) is 11.8 Å². The first kappa shape index (κ1) is 12.1. The molecule has 5 heteroatoms. The van der Waals surface area contributed by atoms with Gasteiger partial charge in [0.2, 0.25) is 0 Å². The SMILES string of the molecule is CC(=O)c1ccc(SCC(F)(F)F)cc1. The Morgan fingerprint density at radius 1 is 1.27 bits per heavy atom. The van der Waals surface area contributed by atoms with Crippen LogP contribution in [-0.4, -0.2) is 17.7 Å². The molecule has 0 spiro atoms. The van der Waals surface area contributed by atoms with E-state index >= 15 is 0 Å². The summed E-state index contributed by atoms with van der Waals surface area (Å²) >= 11 is 0.711. The number of ketones is 1. The fourth-order valence-electron chi connectivity index (χ4n) is 0.951. The molecule has 0 bridgehead atoms. The Hall–Kier alpha value is -0.970. The second kappa shape index (κ2) is 4.70. The van der Waals surface area contributed by atoms with Crippen LogP contribution in [-0.2, 0) is 0 Å². The van der Waals surface area contributed by atoms with Crippen LogP contribution in [0.4, 0.5) is 13.2 Å². The number of carbonyl (C=O) groups is 1. The number of thioether (sulfide) groups is 1. The smallest absolute Gasteiger partial charge is 0.295 e. The quantitative estimate of drug-likeness (QED) is 0.587. The summed E-state index contributed by atoms with van der Waals surface area (Å²) < 4.78 is 35.6. The zero-order valence-electron chi connectivity index (χ0n) is 7.97. The molecule has 0 N–H and O–H groups in total. The number of rotatable bonds is 3. The van der Waals surface area contributed by atoms with Crippen LogP contribution in [0.1, 0.15) is 17.3 Å². The predicted octanol–water partition coefficient (Wildman–Crippen LogP) is 3.54. The third-order valence-electron chi connectivity index (χ3n) is 1.66. The van der Waals surface area contributed by atoms with Gasteiger partial charge in [0, 0.05) is 10.5 Å². The number of Topliss-reactive ketones (excluding diaryl/α,β-unsaturated/α-hetero) is 1. The maximum atomic E-state index is 11.9. The lowest BCUT2D eigenvalue weighted by atomic mass is 10.2. The Balaban J connectivity index is 2.61. The van der Waals surface area contributed by atoms with E-state index in [0.29, 0.717) is 22.2 Å². The molecule has 0 atom stereocenters. The summed E-state index contributed by atoms with van der Waals surface area (Å²) in [5, 5.41) is 0. The molecule has 1 nitrogen and oxygen atoms in total. The molecule has 82 valence electrons. The van der Waals surface area contributed by atoms with Crippen molar-refractivity contribution < 1.29 is 18.0 Å². The van der Waals surface area contributed by atoms with Crippen molar-refractivity contribution in [3.63, 3.8) is 0 Å². The summed E-state index contributed by atoms with van der Waals surface area (Å²) in [5.74, 6) is -1.01. The van der Waals surface area contributed by atoms with Crippen LogP contribution in [0.15, 0.2) is 29.2 Å². The van der Waals surface area contributed by atoms with E-state index in [1.807, 2.05) is 0 Å². The third kappa shape index (κ3) is 4.38. The molecular weight excluding hydrogens is 225 g/mol. The molecule has 0 unspecified atom stereocenters. The topological polar surface area (TPSA) is 17.1 Å². The Morgan fingerprint density at radius 2 is 1.80 bits per heavy atom. The Bertz CT molecular complexity index is 343. The number of alkyl halides is 3. The molecule has 0 aromatic heterocycles. The molecule has 0 amide bonds. The minimum atomic E-state index is -4.16. The summed E-state index contributed by atoms with van der Waals surface area (Å²) in [5.41, 5.74) is 0.506. The highest BCUT2D eigenvalue weighted by atomic mass is 32.2. The molecule has 0 aliphatic rings. The van der Waals surface area contributed by atoms with Crippen molar-refractivity contribution in [2.75, 3.05) is 5.75 Å². The first-order chi connectivity index (χ1) is 6.88. The standard InChI is InChI=1S/C10H9F3OS/c1-7(14)8-2-4-9(5-3-8)15-6-10(11,12)13/h2-5H,6H2,1H3. The minimum absolute atomic E-state index is 0.0950. The van der Waals surface area contributed by atoms with Crippen molar-refractivity contribution in [1.29, 1.82) is 0 Å². The van der Waals surface area contributed by atoms with Crippen molar-refractivity contribution in [2.45, 2.75) is 18.0 Å². The molecule has 0 aliphatic heterocycles. The van der Waals surface area contributed by atoms with E-state index in [-0.39, 0.29) is 5.78 Å². The van der Waals surface area contributed by atoms with Crippen LogP contribution < -0.4 is 0 Å². The average Bonchev–Trinajstić information content (AvgIpc) is 2.14. The van der Waals surface area contributed by atoms with E-state index < -0.39 is 11.9 Å². The van der Waals surface area contributed by atoms with E-state index in [0.717, 1.165) is 0 Å². The zero-order valence-corrected chi connectivity index (χ0v) is 8.78. The zero-order chi connectivity index (χ0) is 11.5. The molecule has 0 fully saturated rings. The van der Waals surface area contributed by atoms with Crippen LogP contribution in [0.3, 0.4) is 0 Å². The lowest BCUT2D eigenvalue weighted by Gasteiger charge is -2.05. The first-order valence-electron chi connectivity index (χ1n) is 4.19. The van der Waals surface area contributed by atoms with Crippen molar-refractivity contribution in [3.05, 3.63) is 29.8 Å². The Morgan fingerprint density at radius 3 is 2.20 bits per heavy atom. The molecule has 0 radical (unpaired) electrons. The molecule has 0 heterocycles. The maximum absolute atomic E-state index is 11.9. The van der Waals surface area contributed by atoms with Crippen molar-refractivity contribution in [2.24, 2.45) is 0 Å². The first-order valence-corrected chi connectivity index (χ1v) is 5.17. The fraction of sp³-hybridized carbons (Fsp3) is 0.300. The lowest BCUT2D eigenvalue weighted by Crippen LogP contribution is -2.10. The molecular formula is C10H9F3OS. The van der Waals surface area contributed by atoms with E-state index in [1.54, 1.807) is 0 Å². The second-order valence-corrected chi connectivity index (χ2v) is 4.03. The maximum Gasteiger partial charge on any atom is 0.398 e. The number of hydrogen-bond donors (Lipinski definition) is 0. The summed E-state index contributed by atoms with van der Waals surface area (Å²) in [6.07, 6.45) is -4.16. The normalized spacial score (nSPS) is 11.5. The molecule has 0 saturated heterocycles. The number of hydrogen-bond acceptors (Lipinski definition) is 2. The van der Waals surface area contributed by atoms with Crippen molar-refractivity contribution in [1.82, 2.24) is 0 Å². The third-order valence-corrected chi connectivity index (χ3v) is 2.74. The van der Waals surface area contributed by atoms with E-state index in [2.05, 4.69) is 0 Å². The van der Waals surface area contributed by atoms with Gasteiger partial charge in [-0.1, -0.05) is 12.1 Å². The highest BCUT2D eigenvalue weighted by molar-refractivity contribution is 7.99. The molecule has 1 aromatic rings. The molecule has 15 heavy (non-hydrogen) atoms. The van der Waals surface area contributed by atoms with Gasteiger partial charge in [-0.05, 0) is 19.1 Å². The highest BCUT2D eigenvalue weighted by Gasteiger charge is 2.27. The predicted molar refractivity (Wildman–Crippen MR) is 53.2 cm³/mol. The summed E-state index contributed by atoms with van der Waals surface area (Å²) in [4.78, 5) is 11.4. The van der Waals surface area contributed by atoms with Gasteiger partial charge >= 0.3 is 6.18 Å². The number of carbonyl (C=O) groups excluding carboxylic acids is 1. The van der Waals surface area contributed by atoms with Crippen LogP contribution in [0.5, 0.6) is 0 Å². The van der Waals surface area contributed by atoms with Gasteiger partial charge < -0.3 is 0 Å². The van der Waals surface area contributed by atoms with Crippen LogP contribution >= 0.6 is 11.8 Å². The Kier molecular flexibility index (Phi) is 3.79. The monoisotopic (exact) mass is 234 g/mol. The molecule has 0 aliphatic carbocycles. The average molecular weight is 234 g/mol. The van der Waals surface area contributed by atoms with Crippen molar-refractivity contribution >= 4 is 17.5 Å². The largest absolute Gasteiger partial charge is 0.398 e. The van der Waals surface area contributed by atoms with Gasteiger partial charge in [0.15, 0.2) is 5.78 Å². The minimum Gasteiger partial charge on any atom is -0.295 e. The van der Waals surface area contributed by atoms with Gasteiger partial charge in [-0.3, -0.25) is 4.79 Å². The highest BCUT2D eigenvalue weighted by Crippen LogP contribution is 2.27. The summed E-state index contributed by atoms with van der Waals surface area (Å²) in [6, 6.07) is 6.10. The van der Waals surface area contributed by atoms with Gasteiger partial charge in [0.05, 0.1) is 5.75 Å². The lowest BCUT2D eigenvalue weighted by molar-refractivity contribution is -0.105. The molecule has 1 rings (SSSR count). The van der Waals surface area contributed by atoms with Crippen LogP contribution in [0, 0.1) is 0 Å². The second-order valence-electron chi connectivity index (χ2n) is 2.98. The summed E-state index contributed by atoms with van der Waals surface area (Å²) in [6.45, 7) is 1.41. The van der Waals surface area contributed by atoms with Gasteiger partial charge in [0.25, 0.3) is 0 Å². The van der Waals surface area contributed by atoms with Gasteiger partial charge in [-0.2, -0.15) is 13.2 Å². The van der Waals surface area contributed by atoms with E-state index in [1.165, 1.54) is 31.2 Å². The van der Waals surface area contributed by atoms with E-state index in [9.17, 15) is 18.0 Å². The number of halogens is 3.